The fourth-order valence-corrected chi connectivity index (χ4v) is 3.27. The molecule has 32 heavy (non-hydrogen) atoms. The van der Waals surface area contributed by atoms with E-state index in [-0.39, 0.29) is 11.7 Å². The van der Waals surface area contributed by atoms with Crippen molar-refractivity contribution in [3.8, 4) is 22.8 Å². The fraction of sp³-hybridized carbons (Fsp3) is 0.111. The third-order valence-electron chi connectivity index (χ3n) is 4.99. The molecule has 0 bridgehead atoms. The maximum atomic E-state index is 13.0. The Hall–Kier alpha value is -3.99. The van der Waals surface area contributed by atoms with Crippen molar-refractivity contribution in [1.82, 2.24) is 10.3 Å². The second-order valence-electron chi connectivity index (χ2n) is 7.63. The number of ether oxygens (including phenoxy) is 1. The summed E-state index contributed by atoms with van der Waals surface area (Å²) in [5.74, 6) is 0.731. The highest BCUT2D eigenvalue weighted by molar-refractivity contribution is 5.95. The first-order chi connectivity index (χ1) is 15.5. The third-order valence-corrected chi connectivity index (χ3v) is 4.99. The van der Waals surface area contributed by atoms with E-state index in [1.165, 1.54) is 17.7 Å². The number of benzene rings is 3. The minimum Gasteiger partial charge on any atom is -0.457 e. The number of aromatic nitrogens is 1. The summed E-state index contributed by atoms with van der Waals surface area (Å²) in [5.41, 5.74) is 5.13. The lowest BCUT2D eigenvalue weighted by Gasteiger charge is -2.10. The second-order valence-corrected chi connectivity index (χ2v) is 7.63. The van der Waals surface area contributed by atoms with Crippen LogP contribution < -0.4 is 10.1 Å². The number of aryl methyl sites for hydroxylation is 2. The minimum atomic E-state index is -0.308. The van der Waals surface area contributed by atoms with Gasteiger partial charge in [-0.05, 0) is 80.1 Å². The summed E-state index contributed by atoms with van der Waals surface area (Å²) in [4.78, 5) is 17.3. The molecule has 0 fully saturated rings. The van der Waals surface area contributed by atoms with Crippen LogP contribution in [0.25, 0.3) is 11.3 Å². The van der Waals surface area contributed by atoms with Crippen molar-refractivity contribution in [2.24, 2.45) is 0 Å². The molecule has 5 heteroatoms. The number of rotatable bonds is 6. The van der Waals surface area contributed by atoms with E-state index in [0.717, 1.165) is 16.8 Å². The molecule has 0 aliphatic carbocycles. The first-order valence-corrected chi connectivity index (χ1v) is 10.3. The highest BCUT2D eigenvalue weighted by Crippen LogP contribution is 2.26. The van der Waals surface area contributed by atoms with Crippen molar-refractivity contribution in [3.05, 3.63) is 113 Å². The Labute approximate surface area is 186 Å². The van der Waals surface area contributed by atoms with Crippen LogP contribution in [0.1, 0.15) is 27.2 Å². The first kappa shape index (κ1) is 21.2. The molecule has 3 aromatic carbocycles. The Bertz CT molecular complexity index is 1220. The molecular weight excluding hydrogens is 403 g/mol. The van der Waals surface area contributed by atoms with Gasteiger partial charge in [0, 0.05) is 23.4 Å². The van der Waals surface area contributed by atoms with Gasteiger partial charge in [-0.15, -0.1) is 0 Å². The van der Waals surface area contributed by atoms with Crippen molar-refractivity contribution in [1.29, 1.82) is 0 Å². The van der Waals surface area contributed by atoms with Crippen molar-refractivity contribution >= 4 is 5.91 Å². The molecule has 0 spiro atoms. The standard InChI is InChI=1S/C27H23FN2O2/c1-18-3-5-20(6-4-18)17-29-27(31)22-15-19(2)30-26(16-22)21-7-11-24(12-8-21)32-25-13-9-23(28)10-14-25/h3-16H,17H2,1-2H3,(H,29,31). The van der Waals surface area contributed by atoms with Crippen molar-refractivity contribution in [2.45, 2.75) is 20.4 Å². The maximum absolute atomic E-state index is 13.0. The molecule has 0 saturated heterocycles. The predicted molar refractivity (Wildman–Crippen MR) is 123 cm³/mol. The van der Waals surface area contributed by atoms with Crippen LogP contribution in [0, 0.1) is 19.7 Å². The third kappa shape index (κ3) is 5.38. The SMILES string of the molecule is Cc1ccc(CNC(=O)c2cc(C)nc(-c3ccc(Oc4ccc(F)cc4)cc3)c2)cc1. The summed E-state index contributed by atoms with van der Waals surface area (Å²) in [7, 11) is 0. The van der Waals surface area contributed by atoms with E-state index in [1.54, 1.807) is 24.3 Å². The van der Waals surface area contributed by atoms with Crippen molar-refractivity contribution in [2.75, 3.05) is 0 Å². The summed E-state index contributed by atoms with van der Waals surface area (Å²) in [6, 6.07) is 24.9. The van der Waals surface area contributed by atoms with Gasteiger partial charge < -0.3 is 10.1 Å². The molecule has 0 unspecified atom stereocenters. The number of hydrogen-bond acceptors (Lipinski definition) is 3. The smallest absolute Gasteiger partial charge is 0.251 e. The molecule has 4 nitrogen and oxygen atoms in total. The number of nitrogens with zero attached hydrogens (tertiary/aromatic N) is 1. The highest BCUT2D eigenvalue weighted by Gasteiger charge is 2.10. The lowest BCUT2D eigenvalue weighted by Crippen LogP contribution is -2.23. The van der Waals surface area contributed by atoms with Crippen LogP contribution in [0.4, 0.5) is 4.39 Å². The monoisotopic (exact) mass is 426 g/mol. The molecule has 0 aliphatic heterocycles. The van der Waals surface area contributed by atoms with Crippen LogP contribution in [0.5, 0.6) is 11.5 Å². The van der Waals surface area contributed by atoms with Gasteiger partial charge in [-0.3, -0.25) is 9.78 Å². The van der Waals surface area contributed by atoms with Crippen LogP contribution in [0.3, 0.4) is 0 Å². The molecule has 1 aromatic heterocycles. The molecular formula is C27H23FN2O2. The molecule has 0 atom stereocenters. The van der Waals surface area contributed by atoms with Crippen LogP contribution in [-0.4, -0.2) is 10.9 Å². The zero-order valence-corrected chi connectivity index (χ0v) is 17.9. The molecule has 4 aromatic rings. The van der Waals surface area contributed by atoms with Crippen LogP contribution in [0.15, 0.2) is 84.9 Å². The van der Waals surface area contributed by atoms with Gasteiger partial charge in [0.25, 0.3) is 5.91 Å². The predicted octanol–water partition coefficient (Wildman–Crippen LogP) is 6.23. The average Bonchev–Trinajstić information content (AvgIpc) is 2.80. The van der Waals surface area contributed by atoms with Gasteiger partial charge in [0.1, 0.15) is 17.3 Å². The van der Waals surface area contributed by atoms with E-state index >= 15 is 0 Å². The number of pyridine rings is 1. The number of carbonyl (C=O) groups is 1. The number of amides is 1. The topological polar surface area (TPSA) is 51.2 Å². The van der Waals surface area contributed by atoms with Gasteiger partial charge in [0.2, 0.25) is 0 Å². The van der Waals surface area contributed by atoms with E-state index in [0.29, 0.717) is 29.3 Å². The number of halogens is 1. The lowest BCUT2D eigenvalue weighted by molar-refractivity contribution is 0.0950. The Balaban J connectivity index is 1.47. The number of nitrogens with one attached hydrogen (secondary N) is 1. The Morgan fingerprint density at radius 1 is 0.875 bits per heavy atom. The Morgan fingerprint density at radius 3 is 2.16 bits per heavy atom. The maximum Gasteiger partial charge on any atom is 0.251 e. The van der Waals surface area contributed by atoms with Gasteiger partial charge in [-0.1, -0.05) is 29.8 Å². The molecule has 1 heterocycles. The summed E-state index contributed by atoms with van der Waals surface area (Å²) in [6.07, 6.45) is 0. The lowest BCUT2D eigenvalue weighted by atomic mass is 10.1. The van der Waals surface area contributed by atoms with E-state index in [1.807, 2.05) is 62.4 Å². The Morgan fingerprint density at radius 2 is 1.50 bits per heavy atom. The largest absolute Gasteiger partial charge is 0.457 e. The van der Waals surface area contributed by atoms with Crippen LogP contribution in [0.2, 0.25) is 0 Å². The summed E-state index contributed by atoms with van der Waals surface area (Å²) in [5, 5.41) is 2.97. The summed E-state index contributed by atoms with van der Waals surface area (Å²) >= 11 is 0. The van der Waals surface area contributed by atoms with Gasteiger partial charge in [-0.2, -0.15) is 0 Å². The van der Waals surface area contributed by atoms with Gasteiger partial charge in [0.15, 0.2) is 0 Å². The van der Waals surface area contributed by atoms with Gasteiger partial charge >= 0.3 is 0 Å². The number of hydrogen-bond donors (Lipinski definition) is 1. The molecule has 4 rings (SSSR count). The minimum absolute atomic E-state index is 0.145. The zero-order valence-electron chi connectivity index (χ0n) is 17.9. The second kappa shape index (κ2) is 9.43. The summed E-state index contributed by atoms with van der Waals surface area (Å²) < 4.78 is 18.8. The molecule has 0 aliphatic rings. The van der Waals surface area contributed by atoms with Crippen molar-refractivity contribution < 1.29 is 13.9 Å². The van der Waals surface area contributed by atoms with E-state index in [2.05, 4.69) is 10.3 Å². The molecule has 1 N–H and O–H groups in total. The summed E-state index contributed by atoms with van der Waals surface area (Å²) in [6.45, 7) is 4.36. The highest BCUT2D eigenvalue weighted by atomic mass is 19.1. The van der Waals surface area contributed by atoms with E-state index < -0.39 is 0 Å². The normalized spacial score (nSPS) is 10.6. The number of carbonyl (C=O) groups excluding carboxylic acids is 1. The zero-order chi connectivity index (χ0) is 22.5. The fourth-order valence-electron chi connectivity index (χ4n) is 3.27. The molecule has 160 valence electrons. The quantitative estimate of drug-likeness (QED) is 0.398. The van der Waals surface area contributed by atoms with Crippen LogP contribution in [-0.2, 0) is 6.54 Å². The van der Waals surface area contributed by atoms with Gasteiger partial charge in [-0.25, -0.2) is 4.39 Å². The average molecular weight is 426 g/mol. The molecule has 1 amide bonds. The van der Waals surface area contributed by atoms with Gasteiger partial charge in [0.05, 0.1) is 5.69 Å². The van der Waals surface area contributed by atoms with E-state index in [4.69, 9.17) is 4.74 Å². The first-order valence-electron chi connectivity index (χ1n) is 10.3. The molecule has 0 radical (unpaired) electrons. The van der Waals surface area contributed by atoms with Crippen molar-refractivity contribution in [3.63, 3.8) is 0 Å². The van der Waals surface area contributed by atoms with E-state index in [9.17, 15) is 9.18 Å². The van der Waals surface area contributed by atoms with Crippen LogP contribution >= 0.6 is 0 Å². The Kier molecular flexibility index (Phi) is 6.26. The molecule has 0 saturated carbocycles.